The van der Waals surface area contributed by atoms with Gasteiger partial charge in [-0.05, 0) is 56.6 Å². The molecule has 2 aromatic heterocycles. The molecule has 2 heterocycles. The summed E-state index contributed by atoms with van der Waals surface area (Å²) >= 11 is 0. The van der Waals surface area contributed by atoms with Gasteiger partial charge in [0, 0.05) is 24.5 Å². The first-order chi connectivity index (χ1) is 12.9. The first kappa shape index (κ1) is 19.0. The minimum absolute atomic E-state index is 0.108. The van der Waals surface area contributed by atoms with Gasteiger partial charge in [-0.15, -0.1) is 0 Å². The molecule has 0 amide bonds. The molecular weight excluding hydrogens is 346 g/mol. The number of rotatable bonds is 6. The molecule has 0 atom stereocenters. The molecular formula is C18H25N7O2. The van der Waals surface area contributed by atoms with Crippen LogP contribution in [0.4, 0.5) is 17.5 Å². The molecule has 0 saturated heterocycles. The number of nitrogens with zero attached hydrogens (tertiary/aromatic N) is 4. The summed E-state index contributed by atoms with van der Waals surface area (Å²) < 4.78 is 0. The van der Waals surface area contributed by atoms with Crippen LogP contribution in [0.25, 0.3) is 0 Å². The van der Waals surface area contributed by atoms with Crippen LogP contribution in [-0.2, 0) is 13.0 Å². The van der Waals surface area contributed by atoms with Gasteiger partial charge in [0.1, 0.15) is 5.69 Å². The molecule has 0 spiro atoms. The normalized spacial score (nSPS) is 19.6. The molecule has 1 saturated carbocycles. The van der Waals surface area contributed by atoms with Crippen molar-refractivity contribution < 1.29 is 4.92 Å². The Bertz CT molecular complexity index is 819. The fourth-order valence-corrected chi connectivity index (χ4v) is 3.49. The molecule has 1 fully saturated rings. The summed E-state index contributed by atoms with van der Waals surface area (Å²) in [6.45, 7) is 2.38. The van der Waals surface area contributed by atoms with Crippen molar-refractivity contribution in [1.82, 2.24) is 15.0 Å². The van der Waals surface area contributed by atoms with Crippen molar-refractivity contribution in [2.75, 3.05) is 11.1 Å². The van der Waals surface area contributed by atoms with E-state index < -0.39 is 4.92 Å². The SMILES string of the molecule is Cc1ncccc1CNc1nc(N)c([N+](=O)[O-])c(C[C@H]2CC[C@H](N)CC2)n1. The summed E-state index contributed by atoms with van der Waals surface area (Å²) in [5.74, 6) is 0.512. The first-order valence-electron chi connectivity index (χ1n) is 9.14. The van der Waals surface area contributed by atoms with E-state index in [0.29, 0.717) is 30.5 Å². The van der Waals surface area contributed by atoms with Crippen LogP contribution in [0.5, 0.6) is 0 Å². The van der Waals surface area contributed by atoms with Crippen LogP contribution in [0.2, 0.25) is 0 Å². The van der Waals surface area contributed by atoms with Gasteiger partial charge in [-0.2, -0.15) is 4.98 Å². The smallest absolute Gasteiger partial charge is 0.332 e. The van der Waals surface area contributed by atoms with Crippen molar-refractivity contribution in [1.29, 1.82) is 0 Å². The van der Waals surface area contributed by atoms with Crippen molar-refractivity contribution in [3.8, 4) is 0 Å². The monoisotopic (exact) mass is 371 g/mol. The highest BCUT2D eigenvalue weighted by atomic mass is 16.6. The highest BCUT2D eigenvalue weighted by molar-refractivity contribution is 5.58. The van der Waals surface area contributed by atoms with Crippen LogP contribution >= 0.6 is 0 Å². The van der Waals surface area contributed by atoms with Gasteiger partial charge in [0.05, 0.1) is 4.92 Å². The second kappa shape index (κ2) is 8.26. The van der Waals surface area contributed by atoms with E-state index in [1.165, 1.54) is 0 Å². The van der Waals surface area contributed by atoms with E-state index >= 15 is 0 Å². The van der Waals surface area contributed by atoms with Crippen molar-refractivity contribution in [2.24, 2.45) is 11.7 Å². The summed E-state index contributed by atoms with van der Waals surface area (Å²) in [6.07, 6.45) is 6.00. The van der Waals surface area contributed by atoms with Gasteiger partial charge in [0.2, 0.25) is 11.8 Å². The molecule has 3 rings (SSSR count). The van der Waals surface area contributed by atoms with Crippen molar-refractivity contribution in [3.05, 3.63) is 45.4 Å². The standard InChI is InChI=1S/C18H25N7O2/c1-11-13(3-2-8-21-11)10-22-18-23-15(16(25(26)27)17(20)24-18)9-12-4-6-14(19)7-5-12/h2-3,8,12,14H,4-7,9-10,19H2,1H3,(H3,20,22,23,24)/t12-,14-. The molecule has 0 radical (unpaired) electrons. The molecule has 1 aliphatic rings. The Morgan fingerprint density at radius 2 is 2.04 bits per heavy atom. The second-order valence-corrected chi connectivity index (χ2v) is 7.07. The average Bonchev–Trinajstić information content (AvgIpc) is 2.62. The minimum Gasteiger partial charge on any atom is -0.378 e. The van der Waals surface area contributed by atoms with E-state index in [1.807, 2.05) is 19.1 Å². The molecule has 5 N–H and O–H groups in total. The number of nitrogen functional groups attached to an aromatic ring is 1. The topological polar surface area (TPSA) is 146 Å². The maximum Gasteiger partial charge on any atom is 0.332 e. The van der Waals surface area contributed by atoms with Gasteiger partial charge in [0.15, 0.2) is 0 Å². The number of anilines is 2. The lowest BCUT2D eigenvalue weighted by Gasteiger charge is -2.25. The van der Waals surface area contributed by atoms with E-state index in [9.17, 15) is 10.1 Å². The number of nitrogens with two attached hydrogens (primary N) is 2. The molecule has 0 aromatic carbocycles. The predicted octanol–water partition coefficient (Wildman–Crippen LogP) is 2.34. The molecule has 0 unspecified atom stereocenters. The lowest BCUT2D eigenvalue weighted by atomic mass is 9.83. The van der Waals surface area contributed by atoms with E-state index in [4.69, 9.17) is 11.5 Å². The highest BCUT2D eigenvalue weighted by Crippen LogP contribution is 2.31. The lowest BCUT2D eigenvalue weighted by Crippen LogP contribution is -2.27. The van der Waals surface area contributed by atoms with Crippen molar-refractivity contribution >= 4 is 17.5 Å². The maximum atomic E-state index is 11.5. The fraction of sp³-hybridized carbons (Fsp3) is 0.500. The van der Waals surface area contributed by atoms with Crippen LogP contribution in [0.15, 0.2) is 18.3 Å². The Morgan fingerprint density at radius 3 is 2.70 bits per heavy atom. The van der Waals surface area contributed by atoms with Crippen molar-refractivity contribution in [3.63, 3.8) is 0 Å². The number of aromatic nitrogens is 3. The zero-order chi connectivity index (χ0) is 19.4. The Hall–Kier alpha value is -2.81. The molecule has 27 heavy (non-hydrogen) atoms. The van der Waals surface area contributed by atoms with Gasteiger partial charge in [-0.25, -0.2) is 4.98 Å². The summed E-state index contributed by atoms with van der Waals surface area (Å²) in [5, 5.41) is 14.6. The number of hydrogen-bond acceptors (Lipinski definition) is 8. The number of nitro groups is 1. The molecule has 9 nitrogen and oxygen atoms in total. The van der Waals surface area contributed by atoms with Gasteiger partial charge in [-0.3, -0.25) is 15.1 Å². The summed E-state index contributed by atoms with van der Waals surface area (Å²) in [4.78, 5) is 23.7. The Morgan fingerprint density at radius 1 is 1.30 bits per heavy atom. The van der Waals surface area contributed by atoms with Gasteiger partial charge in [-0.1, -0.05) is 6.07 Å². The molecule has 9 heteroatoms. The van der Waals surface area contributed by atoms with E-state index in [0.717, 1.165) is 36.9 Å². The van der Waals surface area contributed by atoms with E-state index in [2.05, 4.69) is 20.3 Å². The third-order valence-corrected chi connectivity index (χ3v) is 5.09. The lowest BCUT2D eigenvalue weighted by molar-refractivity contribution is -0.385. The summed E-state index contributed by atoms with van der Waals surface area (Å²) in [7, 11) is 0. The van der Waals surface area contributed by atoms with Crippen LogP contribution in [0.1, 0.15) is 42.6 Å². The van der Waals surface area contributed by atoms with E-state index in [-0.39, 0.29) is 17.5 Å². The molecule has 1 aliphatic carbocycles. The Kier molecular flexibility index (Phi) is 5.80. The second-order valence-electron chi connectivity index (χ2n) is 7.07. The maximum absolute atomic E-state index is 11.5. The molecule has 144 valence electrons. The van der Waals surface area contributed by atoms with Gasteiger partial charge >= 0.3 is 5.69 Å². The average molecular weight is 371 g/mol. The predicted molar refractivity (Wildman–Crippen MR) is 103 cm³/mol. The first-order valence-corrected chi connectivity index (χ1v) is 9.14. The number of aryl methyl sites for hydroxylation is 1. The van der Waals surface area contributed by atoms with Crippen molar-refractivity contribution in [2.45, 2.75) is 51.6 Å². The van der Waals surface area contributed by atoms with Gasteiger partial charge in [0.25, 0.3) is 0 Å². The zero-order valence-corrected chi connectivity index (χ0v) is 15.4. The Labute approximate surface area is 157 Å². The molecule has 0 bridgehead atoms. The summed E-state index contributed by atoms with van der Waals surface area (Å²) in [5.41, 5.74) is 13.9. The molecule has 0 aliphatic heterocycles. The number of pyridine rings is 1. The van der Waals surface area contributed by atoms with Crippen LogP contribution in [0.3, 0.4) is 0 Å². The highest BCUT2D eigenvalue weighted by Gasteiger charge is 2.27. The third kappa shape index (κ3) is 4.68. The quantitative estimate of drug-likeness (QED) is 0.518. The fourth-order valence-electron chi connectivity index (χ4n) is 3.49. The number of nitrogens with one attached hydrogen (secondary N) is 1. The Balaban J connectivity index is 1.80. The molecule has 2 aromatic rings. The third-order valence-electron chi connectivity index (χ3n) is 5.09. The zero-order valence-electron chi connectivity index (χ0n) is 15.4. The van der Waals surface area contributed by atoms with Crippen LogP contribution < -0.4 is 16.8 Å². The van der Waals surface area contributed by atoms with Crippen LogP contribution in [-0.4, -0.2) is 25.9 Å². The van der Waals surface area contributed by atoms with E-state index in [1.54, 1.807) is 6.20 Å². The van der Waals surface area contributed by atoms with Gasteiger partial charge < -0.3 is 16.8 Å². The number of hydrogen-bond donors (Lipinski definition) is 3. The minimum atomic E-state index is -0.492. The van der Waals surface area contributed by atoms with Crippen LogP contribution in [0, 0.1) is 23.0 Å². The summed E-state index contributed by atoms with van der Waals surface area (Å²) in [6, 6.07) is 4.04. The largest absolute Gasteiger partial charge is 0.378 e.